The van der Waals surface area contributed by atoms with Gasteiger partial charge in [-0.05, 0) is 29.4 Å². The second kappa shape index (κ2) is 5.59. The van der Waals surface area contributed by atoms with E-state index in [9.17, 15) is 9.18 Å². The van der Waals surface area contributed by atoms with E-state index in [0.29, 0.717) is 28.8 Å². The number of carbonyl (C=O) groups is 1. The van der Waals surface area contributed by atoms with Gasteiger partial charge in [0.1, 0.15) is 11.4 Å². The summed E-state index contributed by atoms with van der Waals surface area (Å²) >= 11 is 0. The Morgan fingerprint density at radius 1 is 1.32 bits per heavy atom. The molecule has 0 saturated carbocycles. The molecule has 3 heterocycles. The van der Waals surface area contributed by atoms with Gasteiger partial charge in [0, 0.05) is 13.1 Å². The van der Waals surface area contributed by atoms with Crippen molar-refractivity contribution in [3.63, 3.8) is 0 Å². The summed E-state index contributed by atoms with van der Waals surface area (Å²) in [5.41, 5.74) is 1.77. The maximum Gasteiger partial charge on any atom is 0.318 e. The molecule has 127 valence electrons. The molecule has 1 aromatic heterocycles. The predicted molar refractivity (Wildman–Crippen MR) is 90.6 cm³/mol. The summed E-state index contributed by atoms with van der Waals surface area (Å²) < 4.78 is 15.1. The van der Waals surface area contributed by atoms with Gasteiger partial charge in [-0.1, -0.05) is 19.1 Å². The molecule has 0 N–H and O–H groups in total. The van der Waals surface area contributed by atoms with Crippen LogP contribution in [-0.4, -0.2) is 39.2 Å². The maximum atomic E-state index is 13.5. The van der Waals surface area contributed by atoms with Crippen molar-refractivity contribution in [2.75, 3.05) is 7.05 Å². The molecule has 0 aliphatic carbocycles. The molecule has 1 amide bonds. The molecule has 0 spiro atoms. The first kappa shape index (κ1) is 15.6. The van der Waals surface area contributed by atoms with Crippen LogP contribution in [0.3, 0.4) is 0 Å². The van der Waals surface area contributed by atoms with Crippen LogP contribution >= 0.6 is 0 Å². The normalized spacial score (nSPS) is 16.8. The molecule has 2 aliphatic rings. The lowest BCUT2D eigenvalue weighted by atomic mass is 10.1. The van der Waals surface area contributed by atoms with E-state index < -0.39 is 5.82 Å². The highest BCUT2D eigenvalue weighted by Gasteiger charge is 2.47. The van der Waals surface area contributed by atoms with Crippen LogP contribution in [0.15, 0.2) is 35.2 Å². The molecule has 8 heteroatoms. The number of aromatic nitrogens is 3. The van der Waals surface area contributed by atoms with Crippen LogP contribution in [-0.2, 0) is 6.42 Å². The Hall–Kier alpha value is -2.87. The number of amides is 1. The van der Waals surface area contributed by atoms with Gasteiger partial charge in [0.25, 0.3) is 12.2 Å². The topological polar surface area (TPSA) is 69.3 Å². The summed E-state index contributed by atoms with van der Waals surface area (Å²) in [6.07, 6.45) is 4.24. The zero-order chi connectivity index (χ0) is 17.7. The fourth-order valence-corrected chi connectivity index (χ4v) is 3.06. The Kier molecular flexibility index (Phi) is 3.50. The molecule has 1 aromatic carbocycles. The van der Waals surface area contributed by atoms with Crippen LogP contribution in [0.2, 0.25) is 0 Å². The van der Waals surface area contributed by atoms with Crippen molar-refractivity contribution in [2.45, 2.75) is 20.3 Å². The van der Waals surface area contributed by atoms with Crippen molar-refractivity contribution in [2.24, 2.45) is 10.9 Å². The first-order chi connectivity index (χ1) is 12.0. The van der Waals surface area contributed by atoms with E-state index in [0.717, 1.165) is 12.1 Å². The third kappa shape index (κ3) is 2.45. The monoisotopic (exact) mass is 340 g/mol. The third-order valence-electron chi connectivity index (χ3n) is 4.17. The summed E-state index contributed by atoms with van der Waals surface area (Å²) in [5.74, 6) is 0.815. The Morgan fingerprint density at radius 2 is 2.12 bits per heavy atom. The highest BCUT2D eigenvalue weighted by Crippen LogP contribution is 2.36. The molecular weight excluding hydrogens is 323 g/mol. The Labute approximate surface area is 144 Å². The lowest BCUT2D eigenvalue weighted by molar-refractivity contribution is 0.0814. The number of aliphatic imine (C=N–C) groups is 1. The molecule has 0 atom stereocenters. The largest absolute Gasteiger partial charge is 0.318 e. The van der Waals surface area contributed by atoms with Crippen LogP contribution in [0.5, 0.6) is 0 Å². The molecule has 2 aliphatic heterocycles. The molecule has 7 nitrogen and oxygen atoms in total. The SMILES string of the molecule is CC(C)Cc1cn(C2=C3N(C)C(=O)c4cc(F)ccc4[N+]3C=N2)nn1. The average Bonchev–Trinajstić information content (AvgIpc) is 3.18. The number of hydrogen-bond donors (Lipinski definition) is 0. The first-order valence-electron chi connectivity index (χ1n) is 8.02. The summed E-state index contributed by atoms with van der Waals surface area (Å²) in [5, 5.41) is 8.31. The number of hydrogen-bond acceptors (Lipinski definition) is 5. The van der Waals surface area contributed by atoms with Crippen molar-refractivity contribution < 1.29 is 9.18 Å². The number of fused-ring (bicyclic) bond motifs is 3. The maximum absolute atomic E-state index is 13.5. The minimum Gasteiger partial charge on any atom is -0.268 e. The second-order valence-electron chi connectivity index (χ2n) is 6.54. The van der Waals surface area contributed by atoms with Crippen molar-refractivity contribution in [3.05, 3.63) is 47.3 Å². The molecule has 0 unspecified atom stereocenters. The van der Waals surface area contributed by atoms with Gasteiger partial charge in [-0.25, -0.2) is 4.39 Å². The van der Waals surface area contributed by atoms with E-state index in [4.69, 9.17) is 0 Å². The Morgan fingerprint density at radius 3 is 2.88 bits per heavy atom. The minimum atomic E-state index is -0.445. The zero-order valence-electron chi connectivity index (χ0n) is 14.1. The standard InChI is InChI=1S/C17H17FN6O/c1-10(2)6-12-8-24(21-20-12)15-16-22(3)17(25)13-7-11(18)4-5-14(13)23(16)9-19-15/h4-5,7-10H,6H2,1-3H3/q+1. The van der Waals surface area contributed by atoms with Gasteiger partial charge in [-0.15, -0.1) is 5.10 Å². The van der Waals surface area contributed by atoms with Crippen LogP contribution in [0.1, 0.15) is 29.9 Å². The third-order valence-corrected chi connectivity index (χ3v) is 4.17. The van der Waals surface area contributed by atoms with Crippen molar-refractivity contribution in [1.29, 1.82) is 0 Å². The predicted octanol–water partition coefficient (Wildman–Crippen LogP) is 2.30. The van der Waals surface area contributed by atoms with E-state index in [2.05, 4.69) is 29.2 Å². The Bertz CT molecular complexity index is 929. The number of benzene rings is 1. The average molecular weight is 340 g/mol. The van der Waals surface area contributed by atoms with Gasteiger partial charge in [-0.2, -0.15) is 9.67 Å². The zero-order valence-corrected chi connectivity index (χ0v) is 14.1. The molecule has 1 radical (unpaired) electrons. The van der Waals surface area contributed by atoms with Crippen molar-refractivity contribution in [1.82, 2.24) is 24.8 Å². The lowest BCUT2D eigenvalue weighted by Crippen LogP contribution is -2.41. The molecule has 25 heavy (non-hydrogen) atoms. The summed E-state index contributed by atoms with van der Waals surface area (Å²) in [4.78, 5) is 20.3. The van der Waals surface area contributed by atoms with E-state index in [1.807, 2.05) is 6.20 Å². The first-order valence-corrected chi connectivity index (χ1v) is 8.02. The smallest absolute Gasteiger partial charge is 0.268 e. The van der Waals surface area contributed by atoms with Crippen LogP contribution in [0.25, 0.3) is 5.82 Å². The van der Waals surface area contributed by atoms with E-state index in [1.54, 1.807) is 29.0 Å². The summed E-state index contributed by atoms with van der Waals surface area (Å²) in [6, 6.07) is 4.15. The highest BCUT2D eigenvalue weighted by atomic mass is 19.1. The van der Waals surface area contributed by atoms with Crippen LogP contribution in [0, 0.1) is 11.7 Å². The molecule has 4 rings (SSSR count). The molecule has 0 bridgehead atoms. The number of rotatable bonds is 3. The van der Waals surface area contributed by atoms with Gasteiger partial charge < -0.3 is 0 Å². The molecule has 2 aromatic rings. The van der Waals surface area contributed by atoms with Crippen LogP contribution in [0.4, 0.5) is 10.1 Å². The van der Waals surface area contributed by atoms with Gasteiger partial charge >= 0.3 is 5.82 Å². The number of carbonyl (C=O) groups excluding carboxylic acids is 1. The van der Waals surface area contributed by atoms with Gasteiger partial charge in [0.15, 0.2) is 0 Å². The van der Waals surface area contributed by atoms with Crippen molar-refractivity contribution in [3.8, 4) is 0 Å². The summed E-state index contributed by atoms with van der Waals surface area (Å²) in [7, 11) is 1.64. The van der Waals surface area contributed by atoms with Gasteiger partial charge in [0.2, 0.25) is 11.5 Å². The highest BCUT2D eigenvalue weighted by molar-refractivity contribution is 6.06. The number of anilines is 1. The van der Waals surface area contributed by atoms with E-state index in [-0.39, 0.29) is 5.91 Å². The lowest BCUT2D eigenvalue weighted by Gasteiger charge is -2.23. The van der Waals surface area contributed by atoms with Gasteiger partial charge in [0.05, 0.1) is 11.9 Å². The quantitative estimate of drug-likeness (QED) is 0.805. The second-order valence-corrected chi connectivity index (χ2v) is 6.54. The fourth-order valence-electron chi connectivity index (χ4n) is 3.06. The Balaban J connectivity index is 1.80. The fraction of sp³-hybridized carbons (Fsp3) is 0.294. The van der Waals surface area contributed by atoms with Crippen LogP contribution < -0.4 is 4.90 Å². The molecule has 0 saturated heterocycles. The number of nitrogens with zero attached hydrogens (tertiary/aromatic N) is 6. The number of halogens is 1. The molecular formula is C17H17FN6O+. The van der Waals surface area contributed by atoms with E-state index in [1.165, 1.54) is 17.0 Å². The molecule has 0 fully saturated rings. The van der Waals surface area contributed by atoms with Crippen molar-refractivity contribution >= 4 is 23.8 Å². The minimum absolute atomic E-state index is 0.286. The van der Waals surface area contributed by atoms with Gasteiger partial charge in [-0.3, -0.25) is 9.69 Å². The summed E-state index contributed by atoms with van der Waals surface area (Å²) in [6.45, 7) is 4.22. The van der Waals surface area contributed by atoms with E-state index >= 15 is 0 Å².